The van der Waals surface area contributed by atoms with E-state index in [1.54, 1.807) is 28.8 Å². The van der Waals surface area contributed by atoms with Crippen LogP contribution in [-0.2, 0) is 19.1 Å². The van der Waals surface area contributed by atoms with Crippen molar-refractivity contribution in [1.29, 1.82) is 0 Å². The van der Waals surface area contributed by atoms with Crippen LogP contribution < -0.4 is 4.90 Å². The first-order chi connectivity index (χ1) is 18.2. The Bertz CT molecular complexity index is 1110. The molecule has 2 unspecified atom stereocenters. The van der Waals surface area contributed by atoms with Crippen LogP contribution in [0.1, 0.15) is 44.6 Å². The fraction of sp³-hybridized carbons (Fsp3) is 0.552. The number of aryl methyl sites for hydroxylation is 1. The second-order valence-electron chi connectivity index (χ2n) is 10.6. The Balaban J connectivity index is 1.71. The van der Waals surface area contributed by atoms with E-state index >= 15 is 0 Å². The smallest absolute Gasteiger partial charge is 0.311 e. The first-order valence-corrected chi connectivity index (χ1v) is 14.4. The van der Waals surface area contributed by atoms with Gasteiger partial charge in [-0.3, -0.25) is 14.4 Å². The number of anilines is 1. The van der Waals surface area contributed by atoms with E-state index in [2.05, 4.69) is 13.2 Å². The Morgan fingerprint density at radius 2 is 2.05 bits per heavy atom. The van der Waals surface area contributed by atoms with Crippen molar-refractivity contribution in [3.05, 3.63) is 54.1 Å². The second kappa shape index (κ2) is 11.4. The molecule has 1 aromatic rings. The van der Waals surface area contributed by atoms with Crippen molar-refractivity contribution < 1.29 is 24.2 Å². The largest absolute Gasteiger partial charge is 0.465 e. The fourth-order valence-electron chi connectivity index (χ4n) is 6.60. The molecule has 5 atom stereocenters. The highest BCUT2D eigenvalue weighted by Crippen LogP contribution is 2.71. The molecule has 1 aromatic carbocycles. The monoisotopic (exact) mass is 560 g/mol. The third-order valence-electron chi connectivity index (χ3n) is 8.19. The predicted molar refractivity (Wildman–Crippen MR) is 151 cm³/mol. The van der Waals surface area contributed by atoms with Gasteiger partial charge >= 0.3 is 5.97 Å². The number of aliphatic hydroxyl groups excluding tert-OH is 1. The average Bonchev–Trinajstić information content (AvgIpc) is 3.44. The van der Waals surface area contributed by atoms with Gasteiger partial charge in [-0.15, -0.1) is 24.9 Å². The van der Waals surface area contributed by atoms with E-state index in [1.807, 2.05) is 32.1 Å². The molecule has 0 saturated carbocycles. The van der Waals surface area contributed by atoms with Crippen molar-refractivity contribution in [3.8, 4) is 0 Å². The lowest BCUT2D eigenvalue weighted by Crippen LogP contribution is -2.55. The van der Waals surface area contributed by atoms with Gasteiger partial charge in [-0.25, -0.2) is 0 Å². The molecule has 3 aliphatic heterocycles. The van der Waals surface area contributed by atoms with Gasteiger partial charge in [0.25, 0.3) is 5.91 Å². The number of likely N-dealkylation sites (tertiary alicyclic amines) is 1. The number of hydrogen-bond acceptors (Lipinski definition) is 6. The Labute approximate surface area is 234 Å². The zero-order valence-electron chi connectivity index (χ0n) is 22.2. The van der Waals surface area contributed by atoms with Gasteiger partial charge < -0.3 is 19.6 Å². The lowest BCUT2D eigenvalue weighted by Gasteiger charge is -2.37. The zero-order chi connectivity index (χ0) is 27.7. The van der Waals surface area contributed by atoms with E-state index in [-0.39, 0.29) is 37.5 Å². The number of thioether (sulfide) groups is 1. The molecule has 38 heavy (non-hydrogen) atoms. The third-order valence-corrected chi connectivity index (χ3v) is 10.5. The molecule has 4 rings (SSSR count). The number of para-hydroxylation sites is 1. The first-order valence-electron chi connectivity index (χ1n) is 13.2. The summed E-state index contributed by atoms with van der Waals surface area (Å²) in [5.74, 6) is -2.26. The van der Waals surface area contributed by atoms with E-state index in [1.165, 1.54) is 4.90 Å². The molecular weight excluding hydrogens is 524 g/mol. The normalized spacial score (nSPS) is 29.3. The molecule has 2 bridgehead atoms. The number of amides is 2. The Morgan fingerprint density at radius 1 is 1.29 bits per heavy atom. The first kappa shape index (κ1) is 28.7. The van der Waals surface area contributed by atoms with Crippen molar-refractivity contribution in [2.45, 2.75) is 61.5 Å². The highest BCUT2D eigenvalue weighted by molar-refractivity contribution is 8.02. The van der Waals surface area contributed by atoms with Crippen molar-refractivity contribution in [2.24, 2.45) is 11.8 Å². The number of fused-ring (bicyclic) bond motifs is 1. The van der Waals surface area contributed by atoms with Crippen LogP contribution in [0.15, 0.2) is 43.5 Å². The molecule has 0 aliphatic carbocycles. The van der Waals surface area contributed by atoms with Gasteiger partial charge in [-0.05, 0) is 57.6 Å². The minimum Gasteiger partial charge on any atom is -0.465 e. The molecule has 3 aliphatic rings. The van der Waals surface area contributed by atoms with Gasteiger partial charge in [0.05, 0.1) is 40.5 Å². The minimum atomic E-state index is -0.847. The van der Waals surface area contributed by atoms with Crippen molar-refractivity contribution in [1.82, 2.24) is 4.90 Å². The minimum absolute atomic E-state index is 0.0114. The molecule has 3 fully saturated rings. The van der Waals surface area contributed by atoms with Crippen LogP contribution in [0.25, 0.3) is 0 Å². The van der Waals surface area contributed by atoms with Gasteiger partial charge in [0.15, 0.2) is 0 Å². The average molecular weight is 561 g/mol. The Hall–Kier alpha value is -2.29. The van der Waals surface area contributed by atoms with Crippen molar-refractivity contribution >= 4 is 46.8 Å². The van der Waals surface area contributed by atoms with Crippen LogP contribution >= 0.6 is 23.4 Å². The summed E-state index contributed by atoms with van der Waals surface area (Å²) < 4.78 is 4.39. The molecule has 206 valence electrons. The van der Waals surface area contributed by atoms with Crippen LogP contribution in [0.4, 0.5) is 5.69 Å². The van der Waals surface area contributed by atoms with Gasteiger partial charge in [-0.2, -0.15) is 0 Å². The number of carbonyl (C=O) groups is 3. The molecule has 3 heterocycles. The summed E-state index contributed by atoms with van der Waals surface area (Å²) in [6.07, 6.45) is 7.24. The second-order valence-corrected chi connectivity index (χ2v) is 12.9. The summed E-state index contributed by atoms with van der Waals surface area (Å²) in [5.41, 5.74) is 1.41. The van der Waals surface area contributed by atoms with Crippen molar-refractivity contribution in [3.63, 3.8) is 0 Å². The number of unbranched alkanes of at least 4 members (excludes halogenated alkanes) is 2. The maximum Gasteiger partial charge on any atom is 0.311 e. The Morgan fingerprint density at radius 3 is 2.71 bits per heavy atom. The summed E-state index contributed by atoms with van der Waals surface area (Å²) in [7, 11) is 0. The summed E-state index contributed by atoms with van der Waals surface area (Å²) in [4.78, 5) is 44.9. The number of ether oxygens (including phenoxy) is 1. The molecule has 2 amide bonds. The van der Waals surface area contributed by atoms with Crippen LogP contribution in [0.5, 0.6) is 0 Å². The molecule has 9 heteroatoms. The standard InChI is InChI=1S/C29H37ClN2O5S/c1-5-7-8-9-18-37-27(36)22-21-25(34)32(16-17-33)24(29(21)14-13-28(22,4)38-29)26(35)31(15-6-2)23-19(3)11-10-12-20(23)30/h5-6,10-12,21-22,24,33H,1-2,7-9,13-18H2,3-4H3/t21-,22-,24?,28+,29?/m0/s1. The number of aliphatic hydroxyl groups is 1. The van der Waals surface area contributed by atoms with Crippen molar-refractivity contribution in [2.75, 3.05) is 31.2 Å². The summed E-state index contributed by atoms with van der Waals surface area (Å²) in [6, 6.07) is 4.60. The van der Waals surface area contributed by atoms with Gasteiger partial charge in [0.1, 0.15) is 6.04 Å². The zero-order valence-corrected chi connectivity index (χ0v) is 23.7. The fourth-order valence-corrected chi connectivity index (χ4v) is 9.26. The third kappa shape index (κ3) is 4.69. The van der Waals surface area contributed by atoms with E-state index < -0.39 is 27.4 Å². The molecule has 0 aromatic heterocycles. The topological polar surface area (TPSA) is 87.1 Å². The van der Waals surface area contributed by atoms with E-state index in [9.17, 15) is 19.5 Å². The number of hydrogen-bond donors (Lipinski definition) is 1. The summed E-state index contributed by atoms with van der Waals surface area (Å²) in [6.45, 7) is 11.7. The van der Waals surface area contributed by atoms with E-state index in [0.717, 1.165) is 24.8 Å². The maximum atomic E-state index is 14.5. The summed E-state index contributed by atoms with van der Waals surface area (Å²) in [5, 5.41) is 10.3. The maximum absolute atomic E-state index is 14.5. The number of esters is 1. The number of allylic oxidation sites excluding steroid dienone is 1. The number of rotatable bonds is 12. The molecule has 3 saturated heterocycles. The Kier molecular flexibility index (Phi) is 8.65. The van der Waals surface area contributed by atoms with Crippen LogP contribution in [0.3, 0.4) is 0 Å². The lowest BCUT2D eigenvalue weighted by molar-refractivity contribution is -0.155. The molecule has 0 radical (unpaired) electrons. The number of carbonyl (C=O) groups excluding carboxylic acids is 3. The van der Waals surface area contributed by atoms with Crippen LogP contribution in [0, 0.1) is 18.8 Å². The molecule has 7 nitrogen and oxygen atoms in total. The molecule has 1 N–H and O–H groups in total. The number of nitrogens with zero attached hydrogens (tertiary/aromatic N) is 2. The summed E-state index contributed by atoms with van der Waals surface area (Å²) >= 11 is 8.15. The van der Waals surface area contributed by atoms with Gasteiger partial charge in [-0.1, -0.05) is 35.9 Å². The number of halogens is 1. The highest BCUT2D eigenvalue weighted by Gasteiger charge is 2.77. The van der Waals surface area contributed by atoms with Gasteiger partial charge in [0.2, 0.25) is 5.91 Å². The van der Waals surface area contributed by atoms with Crippen LogP contribution in [0.2, 0.25) is 5.02 Å². The van der Waals surface area contributed by atoms with Crippen LogP contribution in [-0.4, -0.2) is 69.6 Å². The van der Waals surface area contributed by atoms with Gasteiger partial charge in [0, 0.05) is 17.8 Å². The molecule has 1 spiro atoms. The highest BCUT2D eigenvalue weighted by atomic mass is 35.5. The quantitative estimate of drug-likeness (QED) is 0.229. The molecular formula is C29H37ClN2O5S. The number of β-amino-alcohol motifs (C(OH)–C–C–N with tert-alkyl or cyclic N) is 1. The van der Waals surface area contributed by atoms with E-state index in [4.69, 9.17) is 16.3 Å². The SMILES string of the molecule is C=CCCCCOC(=O)[C@@H]1[C@H]2C(=O)N(CCO)C(C(=O)N(CC=C)c3c(C)cccc3Cl)C23CC[C@@]1(C)S3. The predicted octanol–water partition coefficient (Wildman–Crippen LogP) is 4.54. The van der Waals surface area contributed by atoms with E-state index in [0.29, 0.717) is 30.2 Å². The number of benzene rings is 1. The lowest BCUT2D eigenvalue weighted by atomic mass is 9.66.